The lowest BCUT2D eigenvalue weighted by Crippen LogP contribution is -2.29. The van der Waals surface area contributed by atoms with Crippen molar-refractivity contribution < 1.29 is 14.3 Å². The van der Waals surface area contributed by atoms with Crippen LogP contribution in [0.2, 0.25) is 0 Å². The van der Waals surface area contributed by atoms with Crippen molar-refractivity contribution >= 4 is 28.6 Å². The van der Waals surface area contributed by atoms with E-state index in [4.69, 9.17) is 9.47 Å². The summed E-state index contributed by atoms with van der Waals surface area (Å²) in [4.78, 5) is 29.3. The molecule has 3 rings (SSSR count). The van der Waals surface area contributed by atoms with Crippen LogP contribution in [-0.4, -0.2) is 41.1 Å². The van der Waals surface area contributed by atoms with E-state index in [-0.39, 0.29) is 11.7 Å². The minimum Gasteiger partial charge on any atom is -0.465 e. The number of nitrogens with zero attached hydrogens (tertiary/aromatic N) is 2. The molecule has 0 aliphatic carbocycles. The first kappa shape index (κ1) is 17.7. The van der Waals surface area contributed by atoms with Gasteiger partial charge < -0.3 is 9.47 Å². The maximum Gasteiger partial charge on any atom is 0.337 e. The van der Waals surface area contributed by atoms with Gasteiger partial charge in [0.2, 0.25) is 0 Å². The van der Waals surface area contributed by atoms with Gasteiger partial charge in [-0.2, -0.15) is 0 Å². The highest BCUT2D eigenvalue weighted by Gasteiger charge is 2.20. The molecular formula is C18H20N2O4S. The van der Waals surface area contributed by atoms with Crippen molar-refractivity contribution in [1.29, 1.82) is 0 Å². The molecule has 0 N–H and O–H groups in total. The summed E-state index contributed by atoms with van der Waals surface area (Å²) in [5.41, 5.74) is 0.741. The van der Waals surface area contributed by atoms with E-state index >= 15 is 0 Å². The number of carbonyl (C=O) groups excluding carboxylic acids is 1. The second-order valence-electron chi connectivity index (χ2n) is 5.77. The Labute approximate surface area is 149 Å². The van der Waals surface area contributed by atoms with Gasteiger partial charge in [0.05, 0.1) is 36.2 Å². The predicted molar refractivity (Wildman–Crippen MR) is 97.2 cm³/mol. The Hall–Kier alpha value is -2.12. The molecule has 1 aliphatic heterocycles. The van der Waals surface area contributed by atoms with Crippen LogP contribution in [0.5, 0.6) is 0 Å². The van der Waals surface area contributed by atoms with Crippen molar-refractivity contribution in [3.63, 3.8) is 0 Å². The minimum atomic E-state index is -0.451. The molecule has 0 spiro atoms. The maximum atomic E-state index is 13.0. The Morgan fingerprint density at radius 3 is 3.08 bits per heavy atom. The normalized spacial score (nSPS) is 16.9. The molecular weight excluding hydrogens is 340 g/mol. The van der Waals surface area contributed by atoms with Gasteiger partial charge in [-0.1, -0.05) is 17.8 Å². The maximum absolute atomic E-state index is 13.0. The standard InChI is InChI=1S/C18H20N2O4S/c1-3-9-25-18-19-15-10-12(17(22)23-2)6-7-14(15)16(21)20(18)11-13-5-4-8-24-13/h3,6-7,10,13H,1,4-5,8-9,11H2,2H3/t13-/m0/s1. The van der Waals surface area contributed by atoms with Crippen molar-refractivity contribution in [1.82, 2.24) is 9.55 Å². The van der Waals surface area contributed by atoms with Crippen LogP contribution in [0.25, 0.3) is 10.9 Å². The largest absolute Gasteiger partial charge is 0.465 e. The summed E-state index contributed by atoms with van der Waals surface area (Å²) < 4.78 is 12.1. The third kappa shape index (κ3) is 3.77. The average molecular weight is 360 g/mol. The molecule has 1 fully saturated rings. The first-order valence-corrected chi connectivity index (χ1v) is 9.11. The first-order chi connectivity index (χ1) is 12.1. The zero-order valence-corrected chi connectivity index (χ0v) is 14.9. The molecule has 1 aromatic carbocycles. The fraction of sp³-hybridized carbons (Fsp3) is 0.389. The summed E-state index contributed by atoms with van der Waals surface area (Å²) in [6.45, 7) is 4.94. The van der Waals surface area contributed by atoms with Gasteiger partial charge in [-0.05, 0) is 31.0 Å². The van der Waals surface area contributed by atoms with Gasteiger partial charge in [-0.15, -0.1) is 6.58 Å². The fourth-order valence-corrected chi connectivity index (χ4v) is 3.59. The predicted octanol–water partition coefficient (Wildman–Crippen LogP) is 2.64. The number of thioether (sulfide) groups is 1. The fourth-order valence-electron chi connectivity index (χ4n) is 2.84. The van der Waals surface area contributed by atoms with Gasteiger partial charge in [0.15, 0.2) is 5.16 Å². The Kier molecular flexibility index (Phi) is 5.55. The third-order valence-corrected chi connectivity index (χ3v) is 5.05. The Bertz CT molecular complexity index is 856. The van der Waals surface area contributed by atoms with Crippen LogP contribution < -0.4 is 5.56 Å². The number of aromatic nitrogens is 2. The molecule has 132 valence electrons. The molecule has 2 heterocycles. The molecule has 1 aromatic heterocycles. The van der Waals surface area contributed by atoms with Gasteiger partial charge >= 0.3 is 5.97 Å². The van der Waals surface area contributed by atoms with E-state index in [0.717, 1.165) is 19.4 Å². The zero-order valence-electron chi connectivity index (χ0n) is 14.1. The molecule has 0 amide bonds. The highest BCUT2D eigenvalue weighted by molar-refractivity contribution is 7.99. The second kappa shape index (κ2) is 7.84. The van der Waals surface area contributed by atoms with Crippen molar-refractivity contribution in [2.75, 3.05) is 19.5 Å². The molecule has 2 aromatic rings. The molecule has 0 radical (unpaired) electrons. The molecule has 1 atom stereocenters. The Morgan fingerprint density at radius 2 is 2.40 bits per heavy atom. The lowest BCUT2D eigenvalue weighted by Gasteiger charge is -2.16. The minimum absolute atomic E-state index is 0.0365. The van der Waals surface area contributed by atoms with Crippen LogP contribution >= 0.6 is 11.8 Å². The van der Waals surface area contributed by atoms with Crippen LogP contribution in [0, 0.1) is 0 Å². The van der Waals surface area contributed by atoms with Crippen LogP contribution in [0.1, 0.15) is 23.2 Å². The van der Waals surface area contributed by atoms with Crippen molar-refractivity contribution in [2.45, 2.75) is 30.6 Å². The van der Waals surface area contributed by atoms with Gasteiger partial charge in [-0.3, -0.25) is 9.36 Å². The lowest BCUT2D eigenvalue weighted by atomic mass is 10.1. The molecule has 1 saturated heterocycles. The zero-order chi connectivity index (χ0) is 17.8. The van der Waals surface area contributed by atoms with E-state index in [1.54, 1.807) is 28.8 Å². The number of hydrogen-bond acceptors (Lipinski definition) is 6. The summed E-state index contributed by atoms with van der Waals surface area (Å²) in [7, 11) is 1.32. The number of esters is 1. The number of methoxy groups -OCH3 is 1. The van der Waals surface area contributed by atoms with Crippen LogP contribution in [0.3, 0.4) is 0 Å². The van der Waals surface area contributed by atoms with E-state index in [0.29, 0.717) is 33.9 Å². The summed E-state index contributed by atoms with van der Waals surface area (Å²) >= 11 is 1.44. The average Bonchev–Trinajstić information content (AvgIpc) is 3.14. The monoisotopic (exact) mass is 360 g/mol. The highest BCUT2D eigenvalue weighted by atomic mass is 32.2. The summed E-state index contributed by atoms with van der Waals surface area (Å²) in [5.74, 6) is 0.188. The number of carbonyl (C=O) groups is 1. The molecule has 0 saturated carbocycles. The summed E-state index contributed by atoms with van der Waals surface area (Å²) in [6.07, 6.45) is 3.76. The third-order valence-electron chi connectivity index (χ3n) is 4.08. The second-order valence-corrected chi connectivity index (χ2v) is 6.76. The first-order valence-electron chi connectivity index (χ1n) is 8.12. The molecule has 1 aliphatic rings. The summed E-state index contributed by atoms with van der Waals surface area (Å²) in [6, 6.07) is 4.81. The number of ether oxygens (including phenoxy) is 2. The van der Waals surface area contributed by atoms with Crippen LogP contribution in [0.15, 0.2) is 40.8 Å². The van der Waals surface area contributed by atoms with Gasteiger partial charge in [0.25, 0.3) is 5.56 Å². The van der Waals surface area contributed by atoms with E-state index in [1.165, 1.54) is 18.9 Å². The van der Waals surface area contributed by atoms with Crippen molar-refractivity contribution in [3.8, 4) is 0 Å². The number of rotatable bonds is 6. The number of benzene rings is 1. The topological polar surface area (TPSA) is 70.4 Å². The van der Waals surface area contributed by atoms with E-state index in [2.05, 4.69) is 11.6 Å². The number of hydrogen-bond donors (Lipinski definition) is 0. The van der Waals surface area contributed by atoms with E-state index in [1.807, 2.05) is 0 Å². The lowest BCUT2D eigenvalue weighted by molar-refractivity contribution is 0.0601. The molecule has 0 unspecified atom stereocenters. The van der Waals surface area contributed by atoms with Gasteiger partial charge in [0.1, 0.15) is 0 Å². The van der Waals surface area contributed by atoms with Crippen molar-refractivity contribution in [2.24, 2.45) is 0 Å². The van der Waals surface area contributed by atoms with Crippen molar-refractivity contribution in [3.05, 3.63) is 46.8 Å². The smallest absolute Gasteiger partial charge is 0.337 e. The number of fused-ring (bicyclic) bond motifs is 1. The SMILES string of the molecule is C=CCSc1nc2cc(C(=O)OC)ccc2c(=O)n1C[C@@H]1CCCO1. The van der Waals surface area contributed by atoms with Gasteiger partial charge in [-0.25, -0.2) is 9.78 Å². The Balaban J connectivity index is 2.08. The van der Waals surface area contributed by atoms with E-state index < -0.39 is 5.97 Å². The summed E-state index contributed by atoms with van der Waals surface area (Å²) in [5, 5.41) is 1.09. The molecule has 6 nitrogen and oxygen atoms in total. The molecule has 7 heteroatoms. The highest BCUT2D eigenvalue weighted by Crippen LogP contribution is 2.21. The van der Waals surface area contributed by atoms with E-state index in [9.17, 15) is 9.59 Å². The molecule has 25 heavy (non-hydrogen) atoms. The Morgan fingerprint density at radius 1 is 1.56 bits per heavy atom. The molecule has 0 bridgehead atoms. The quantitative estimate of drug-likeness (QED) is 0.341. The van der Waals surface area contributed by atoms with Crippen LogP contribution in [-0.2, 0) is 16.0 Å². The van der Waals surface area contributed by atoms with Gasteiger partial charge in [0, 0.05) is 12.4 Å². The van der Waals surface area contributed by atoms with Crippen LogP contribution in [0.4, 0.5) is 0 Å².